The maximum Gasteiger partial charge on any atom is 0.317 e. The fourth-order valence-corrected chi connectivity index (χ4v) is 2.56. The molecule has 0 radical (unpaired) electrons. The molecule has 2 rings (SSSR count). The number of nitrogens with zero attached hydrogens (tertiary/aromatic N) is 1. The van der Waals surface area contributed by atoms with Crippen molar-refractivity contribution >= 4 is 6.03 Å². The van der Waals surface area contributed by atoms with E-state index in [9.17, 15) is 4.79 Å². The van der Waals surface area contributed by atoms with Crippen molar-refractivity contribution in [1.82, 2.24) is 10.2 Å². The normalized spacial score (nSPS) is 26.4. The Balaban J connectivity index is 1.68. The Labute approximate surface area is 104 Å². The SMILES string of the molecule is O=C(NCC1CCCCO1)N1CCCCCC1. The molecule has 98 valence electrons. The Bertz CT molecular complexity index is 232. The minimum atomic E-state index is 0.0982. The van der Waals surface area contributed by atoms with E-state index in [1.165, 1.54) is 19.3 Å². The van der Waals surface area contributed by atoms with Crippen LogP contribution < -0.4 is 5.32 Å². The minimum absolute atomic E-state index is 0.0982. The quantitative estimate of drug-likeness (QED) is 0.803. The molecule has 0 spiro atoms. The largest absolute Gasteiger partial charge is 0.376 e. The van der Waals surface area contributed by atoms with Crippen LogP contribution in [0.2, 0.25) is 0 Å². The summed E-state index contributed by atoms with van der Waals surface area (Å²) in [6.45, 7) is 3.36. The highest BCUT2D eigenvalue weighted by molar-refractivity contribution is 5.74. The molecule has 17 heavy (non-hydrogen) atoms. The highest BCUT2D eigenvalue weighted by atomic mass is 16.5. The van der Waals surface area contributed by atoms with E-state index in [4.69, 9.17) is 4.74 Å². The van der Waals surface area contributed by atoms with E-state index in [0.717, 1.165) is 45.4 Å². The van der Waals surface area contributed by atoms with Crippen LogP contribution in [-0.4, -0.2) is 43.3 Å². The minimum Gasteiger partial charge on any atom is -0.376 e. The number of hydrogen-bond acceptors (Lipinski definition) is 2. The molecule has 1 N–H and O–H groups in total. The van der Waals surface area contributed by atoms with Crippen LogP contribution >= 0.6 is 0 Å². The maximum atomic E-state index is 12.0. The zero-order chi connectivity index (χ0) is 11.9. The van der Waals surface area contributed by atoms with E-state index in [1.54, 1.807) is 0 Å². The number of nitrogens with one attached hydrogen (secondary N) is 1. The second-order valence-corrected chi connectivity index (χ2v) is 5.08. The Morgan fingerprint density at radius 3 is 2.53 bits per heavy atom. The number of carbonyl (C=O) groups excluding carboxylic acids is 1. The summed E-state index contributed by atoms with van der Waals surface area (Å²) < 4.78 is 5.61. The number of hydrogen-bond donors (Lipinski definition) is 1. The molecule has 4 nitrogen and oxygen atoms in total. The summed E-state index contributed by atoms with van der Waals surface area (Å²) in [7, 11) is 0. The van der Waals surface area contributed by atoms with Gasteiger partial charge in [0.25, 0.3) is 0 Å². The van der Waals surface area contributed by atoms with Crippen molar-refractivity contribution in [1.29, 1.82) is 0 Å². The summed E-state index contributed by atoms with van der Waals surface area (Å²) in [5.41, 5.74) is 0. The molecule has 0 aromatic rings. The van der Waals surface area contributed by atoms with Crippen LogP contribution in [0.25, 0.3) is 0 Å². The molecular weight excluding hydrogens is 216 g/mol. The molecule has 4 heteroatoms. The highest BCUT2D eigenvalue weighted by Crippen LogP contribution is 2.12. The van der Waals surface area contributed by atoms with Crippen LogP contribution in [0.15, 0.2) is 0 Å². The van der Waals surface area contributed by atoms with Gasteiger partial charge in [-0.1, -0.05) is 12.8 Å². The monoisotopic (exact) mass is 240 g/mol. The summed E-state index contributed by atoms with van der Waals surface area (Å²) in [6.07, 6.45) is 8.52. The molecule has 2 fully saturated rings. The fourth-order valence-electron chi connectivity index (χ4n) is 2.56. The third kappa shape index (κ3) is 4.19. The van der Waals surface area contributed by atoms with Crippen LogP contribution in [0.1, 0.15) is 44.9 Å². The molecule has 2 aliphatic heterocycles. The zero-order valence-corrected chi connectivity index (χ0v) is 10.6. The van der Waals surface area contributed by atoms with Gasteiger partial charge in [-0.15, -0.1) is 0 Å². The summed E-state index contributed by atoms with van der Waals surface area (Å²) in [5, 5.41) is 3.01. The molecule has 2 aliphatic rings. The third-order valence-corrected chi connectivity index (χ3v) is 3.65. The smallest absolute Gasteiger partial charge is 0.317 e. The first-order valence-corrected chi connectivity index (χ1v) is 7.00. The number of rotatable bonds is 2. The van der Waals surface area contributed by atoms with Crippen molar-refractivity contribution in [3.05, 3.63) is 0 Å². The second kappa shape index (κ2) is 6.84. The van der Waals surface area contributed by atoms with Crippen LogP contribution in [0.5, 0.6) is 0 Å². The van der Waals surface area contributed by atoms with Crippen LogP contribution in [0.3, 0.4) is 0 Å². The van der Waals surface area contributed by atoms with Crippen LogP contribution in [-0.2, 0) is 4.74 Å². The lowest BCUT2D eigenvalue weighted by Crippen LogP contribution is -2.44. The fraction of sp³-hybridized carbons (Fsp3) is 0.923. The average Bonchev–Trinajstić information content (AvgIpc) is 2.66. The first-order chi connectivity index (χ1) is 8.36. The van der Waals surface area contributed by atoms with Crippen LogP contribution in [0.4, 0.5) is 4.79 Å². The molecular formula is C13H24N2O2. The molecule has 2 saturated heterocycles. The van der Waals surface area contributed by atoms with E-state index < -0.39 is 0 Å². The maximum absolute atomic E-state index is 12.0. The number of urea groups is 1. The van der Waals surface area contributed by atoms with Crippen molar-refractivity contribution in [2.45, 2.75) is 51.0 Å². The molecule has 1 atom stereocenters. The molecule has 1 unspecified atom stereocenters. The van der Waals surface area contributed by atoms with Gasteiger partial charge in [-0.2, -0.15) is 0 Å². The van der Waals surface area contributed by atoms with Gasteiger partial charge in [0.05, 0.1) is 6.10 Å². The zero-order valence-electron chi connectivity index (χ0n) is 10.6. The van der Waals surface area contributed by atoms with Crippen molar-refractivity contribution in [3.8, 4) is 0 Å². The summed E-state index contributed by atoms with van der Waals surface area (Å²) in [4.78, 5) is 13.9. The van der Waals surface area contributed by atoms with Crippen molar-refractivity contribution in [2.24, 2.45) is 0 Å². The first kappa shape index (κ1) is 12.7. The molecule has 0 saturated carbocycles. The van der Waals surface area contributed by atoms with E-state index in [1.807, 2.05) is 4.90 Å². The van der Waals surface area contributed by atoms with E-state index in [2.05, 4.69) is 5.32 Å². The Kier molecular flexibility index (Phi) is 5.10. The first-order valence-electron chi connectivity index (χ1n) is 7.00. The van der Waals surface area contributed by atoms with Gasteiger partial charge >= 0.3 is 6.03 Å². The van der Waals surface area contributed by atoms with E-state index in [0.29, 0.717) is 6.54 Å². The average molecular weight is 240 g/mol. The lowest BCUT2D eigenvalue weighted by molar-refractivity contribution is 0.0177. The second-order valence-electron chi connectivity index (χ2n) is 5.08. The molecule has 0 bridgehead atoms. The predicted octanol–water partition coefficient (Wildman–Crippen LogP) is 2.14. The van der Waals surface area contributed by atoms with Crippen LogP contribution in [0, 0.1) is 0 Å². The molecule has 0 aliphatic carbocycles. The van der Waals surface area contributed by atoms with Gasteiger partial charge in [0, 0.05) is 26.2 Å². The number of amides is 2. The van der Waals surface area contributed by atoms with Crippen molar-refractivity contribution in [2.75, 3.05) is 26.2 Å². The topological polar surface area (TPSA) is 41.6 Å². The molecule has 0 aromatic carbocycles. The highest BCUT2D eigenvalue weighted by Gasteiger charge is 2.18. The van der Waals surface area contributed by atoms with Gasteiger partial charge in [0.2, 0.25) is 0 Å². The Hall–Kier alpha value is -0.770. The number of ether oxygens (including phenoxy) is 1. The van der Waals surface area contributed by atoms with Gasteiger partial charge in [0.15, 0.2) is 0 Å². The number of carbonyl (C=O) groups is 1. The van der Waals surface area contributed by atoms with Gasteiger partial charge in [-0.3, -0.25) is 0 Å². The lowest BCUT2D eigenvalue weighted by atomic mass is 10.1. The Morgan fingerprint density at radius 2 is 1.88 bits per heavy atom. The Morgan fingerprint density at radius 1 is 1.12 bits per heavy atom. The van der Waals surface area contributed by atoms with Gasteiger partial charge < -0.3 is 15.0 Å². The third-order valence-electron chi connectivity index (χ3n) is 3.65. The summed E-state index contributed by atoms with van der Waals surface area (Å²) in [5.74, 6) is 0. The van der Waals surface area contributed by atoms with Crippen molar-refractivity contribution < 1.29 is 9.53 Å². The van der Waals surface area contributed by atoms with Gasteiger partial charge in [-0.05, 0) is 32.1 Å². The lowest BCUT2D eigenvalue weighted by Gasteiger charge is -2.25. The molecule has 2 amide bonds. The predicted molar refractivity (Wildman–Crippen MR) is 67.0 cm³/mol. The van der Waals surface area contributed by atoms with E-state index in [-0.39, 0.29) is 12.1 Å². The standard InChI is InChI=1S/C13H24N2O2/c16-13(15-8-4-1-2-5-9-15)14-11-12-7-3-6-10-17-12/h12H,1-11H2,(H,14,16). The van der Waals surface area contributed by atoms with Gasteiger partial charge in [-0.25, -0.2) is 4.79 Å². The number of likely N-dealkylation sites (tertiary alicyclic amines) is 1. The summed E-state index contributed by atoms with van der Waals surface area (Å²) in [6, 6.07) is 0.0982. The van der Waals surface area contributed by atoms with Crippen molar-refractivity contribution in [3.63, 3.8) is 0 Å². The van der Waals surface area contributed by atoms with Gasteiger partial charge in [0.1, 0.15) is 0 Å². The molecule has 2 heterocycles. The summed E-state index contributed by atoms with van der Waals surface area (Å²) >= 11 is 0. The van der Waals surface area contributed by atoms with E-state index >= 15 is 0 Å². The molecule has 0 aromatic heterocycles.